The zero-order valence-electron chi connectivity index (χ0n) is 11.7. The van der Waals surface area contributed by atoms with E-state index in [4.69, 9.17) is 0 Å². The van der Waals surface area contributed by atoms with Gasteiger partial charge in [0.05, 0.1) is 0 Å². The molecule has 4 heteroatoms. The van der Waals surface area contributed by atoms with E-state index >= 15 is 0 Å². The second-order valence-electron chi connectivity index (χ2n) is 5.77. The lowest BCUT2D eigenvalue weighted by molar-refractivity contribution is -0.121. The van der Waals surface area contributed by atoms with Crippen LogP contribution in [-0.2, 0) is 4.79 Å². The standard InChI is InChI=1S/C14H27N3O/c1-11(15-2)13-5-3-4-9-17(13)10-8-14(18)16-12-6-7-12/h11-13,15H,3-10H2,1-2H3,(H,16,18). The Bertz CT molecular complexity index is 278. The monoisotopic (exact) mass is 253 g/mol. The molecule has 1 saturated heterocycles. The molecule has 2 fully saturated rings. The Balaban J connectivity index is 1.75. The minimum Gasteiger partial charge on any atom is -0.353 e. The van der Waals surface area contributed by atoms with Gasteiger partial charge in [0.15, 0.2) is 0 Å². The molecular formula is C14H27N3O. The molecule has 1 aliphatic carbocycles. The van der Waals surface area contributed by atoms with Crippen LogP contribution in [0.2, 0.25) is 0 Å². The van der Waals surface area contributed by atoms with Gasteiger partial charge in [-0.3, -0.25) is 9.69 Å². The first kappa shape index (κ1) is 13.8. The molecule has 2 N–H and O–H groups in total. The van der Waals surface area contributed by atoms with Gasteiger partial charge >= 0.3 is 0 Å². The summed E-state index contributed by atoms with van der Waals surface area (Å²) in [6, 6.07) is 1.60. The number of likely N-dealkylation sites (N-methyl/N-ethyl adjacent to an activating group) is 1. The summed E-state index contributed by atoms with van der Waals surface area (Å²) in [4.78, 5) is 14.2. The van der Waals surface area contributed by atoms with Gasteiger partial charge in [0.1, 0.15) is 0 Å². The number of carbonyl (C=O) groups is 1. The first-order valence-corrected chi connectivity index (χ1v) is 7.41. The van der Waals surface area contributed by atoms with E-state index in [2.05, 4.69) is 22.5 Å². The lowest BCUT2D eigenvalue weighted by Crippen LogP contribution is -2.51. The number of rotatable bonds is 6. The van der Waals surface area contributed by atoms with Gasteiger partial charge in [-0.2, -0.15) is 0 Å². The van der Waals surface area contributed by atoms with Gasteiger partial charge in [0.2, 0.25) is 5.91 Å². The molecule has 1 heterocycles. The Labute approximate surface area is 110 Å². The van der Waals surface area contributed by atoms with Gasteiger partial charge < -0.3 is 10.6 Å². The molecule has 0 spiro atoms. The van der Waals surface area contributed by atoms with Crippen molar-refractivity contribution >= 4 is 5.91 Å². The molecule has 0 aromatic carbocycles. The largest absolute Gasteiger partial charge is 0.353 e. The van der Waals surface area contributed by atoms with Gasteiger partial charge in [-0.25, -0.2) is 0 Å². The average molecular weight is 253 g/mol. The van der Waals surface area contributed by atoms with Crippen LogP contribution < -0.4 is 10.6 Å². The Morgan fingerprint density at radius 3 is 2.78 bits per heavy atom. The van der Waals surface area contributed by atoms with E-state index in [1.165, 1.54) is 32.1 Å². The summed E-state index contributed by atoms with van der Waals surface area (Å²) in [6.07, 6.45) is 6.86. The summed E-state index contributed by atoms with van der Waals surface area (Å²) in [5, 5.41) is 6.42. The molecule has 1 saturated carbocycles. The number of piperidine rings is 1. The van der Waals surface area contributed by atoms with Crippen LogP contribution in [0.5, 0.6) is 0 Å². The number of likely N-dealkylation sites (tertiary alicyclic amines) is 1. The van der Waals surface area contributed by atoms with Crippen LogP contribution in [0.1, 0.15) is 45.4 Å². The van der Waals surface area contributed by atoms with Crippen LogP contribution in [-0.4, -0.2) is 49.1 Å². The molecule has 0 radical (unpaired) electrons. The van der Waals surface area contributed by atoms with Crippen LogP contribution in [0.25, 0.3) is 0 Å². The van der Waals surface area contributed by atoms with Gasteiger partial charge in [-0.15, -0.1) is 0 Å². The smallest absolute Gasteiger partial charge is 0.221 e. The van der Waals surface area contributed by atoms with Crippen molar-refractivity contribution in [2.75, 3.05) is 20.1 Å². The van der Waals surface area contributed by atoms with E-state index < -0.39 is 0 Å². The first-order valence-electron chi connectivity index (χ1n) is 7.41. The second kappa shape index (κ2) is 6.53. The molecule has 4 nitrogen and oxygen atoms in total. The van der Waals surface area contributed by atoms with Crippen molar-refractivity contribution in [3.8, 4) is 0 Å². The van der Waals surface area contributed by atoms with E-state index in [-0.39, 0.29) is 5.91 Å². The second-order valence-corrected chi connectivity index (χ2v) is 5.77. The van der Waals surface area contributed by atoms with Crippen LogP contribution in [0.3, 0.4) is 0 Å². The summed E-state index contributed by atoms with van der Waals surface area (Å²) in [5.41, 5.74) is 0. The van der Waals surface area contributed by atoms with Crippen molar-refractivity contribution in [2.45, 2.75) is 63.6 Å². The van der Waals surface area contributed by atoms with Crippen LogP contribution >= 0.6 is 0 Å². The summed E-state index contributed by atoms with van der Waals surface area (Å²) in [5.74, 6) is 0.235. The number of hydrogen-bond acceptors (Lipinski definition) is 3. The molecule has 2 atom stereocenters. The van der Waals surface area contributed by atoms with Crippen molar-refractivity contribution in [1.82, 2.24) is 15.5 Å². The molecule has 0 bridgehead atoms. The summed E-state index contributed by atoms with van der Waals surface area (Å²) < 4.78 is 0. The third kappa shape index (κ3) is 3.95. The highest BCUT2D eigenvalue weighted by molar-refractivity contribution is 5.76. The van der Waals surface area contributed by atoms with Crippen molar-refractivity contribution in [1.29, 1.82) is 0 Å². The number of hydrogen-bond donors (Lipinski definition) is 2. The maximum absolute atomic E-state index is 11.7. The zero-order chi connectivity index (χ0) is 13.0. The SMILES string of the molecule is CNC(C)C1CCCCN1CCC(=O)NC1CC1. The zero-order valence-corrected chi connectivity index (χ0v) is 11.7. The Morgan fingerprint density at radius 1 is 1.33 bits per heavy atom. The Kier molecular flexibility index (Phi) is 5.01. The van der Waals surface area contributed by atoms with E-state index in [1.807, 2.05) is 7.05 Å². The van der Waals surface area contributed by atoms with E-state index in [1.54, 1.807) is 0 Å². The maximum atomic E-state index is 11.7. The fourth-order valence-corrected chi connectivity index (χ4v) is 2.83. The number of amides is 1. The third-order valence-electron chi connectivity index (χ3n) is 4.27. The van der Waals surface area contributed by atoms with E-state index in [0.717, 1.165) is 13.1 Å². The molecule has 104 valence electrons. The molecule has 2 rings (SSSR count). The summed E-state index contributed by atoms with van der Waals surface area (Å²) >= 11 is 0. The lowest BCUT2D eigenvalue weighted by Gasteiger charge is -2.39. The predicted molar refractivity (Wildman–Crippen MR) is 73.5 cm³/mol. The number of nitrogens with one attached hydrogen (secondary N) is 2. The molecule has 18 heavy (non-hydrogen) atoms. The van der Waals surface area contributed by atoms with Crippen molar-refractivity contribution < 1.29 is 4.79 Å². The highest BCUT2D eigenvalue weighted by Crippen LogP contribution is 2.21. The normalized spacial score (nSPS) is 26.9. The fraction of sp³-hybridized carbons (Fsp3) is 0.929. The minimum atomic E-state index is 0.235. The average Bonchev–Trinajstić information content (AvgIpc) is 3.19. The van der Waals surface area contributed by atoms with Gasteiger partial charge in [0.25, 0.3) is 0 Å². The summed E-state index contributed by atoms with van der Waals surface area (Å²) in [6.45, 7) is 4.30. The Hall–Kier alpha value is -0.610. The van der Waals surface area contributed by atoms with Gasteiger partial charge in [-0.05, 0) is 46.2 Å². The van der Waals surface area contributed by atoms with E-state index in [0.29, 0.717) is 24.5 Å². The summed E-state index contributed by atoms with van der Waals surface area (Å²) in [7, 11) is 2.03. The number of carbonyl (C=O) groups excluding carboxylic acids is 1. The number of nitrogens with zero attached hydrogens (tertiary/aromatic N) is 1. The molecule has 1 aliphatic heterocycles. The Morgan fingerprint density at radius 2 is 2.11 bits per heavy atom. The van der Waals surface area contributed by atoms with Crippen molar-refractivity contribution in [3.63, 3.8) is 0 Å². The molecule has 0 aromatic rings. The van der Waals surface area contributed by atoms with Crippen LogP contribution in [0.4, 0.5) is 0 Å². The lowest BCUT2D eigenvalue weighted by atomic mass is 9.96. The minimum absolute atomic E-state index is 0.235. The fourth-order valence-electron chi connectivity index (χ4n) is 2.83. The van der Waals surface area contributed by atoms with Gasteiger partial charge in [-0.1, -0.05) is 6.42 Å². The van der Waals surface area contributed by atoms with Crippen LogP contribution in [0.15, 0.2) is 0 Å². The third-order valence-corrected chi connectivity index (χ3v) is 4.27. The van der Waals surface area contributed by atoms with Crippen LogP contribution in [0, 0.1) is 0 Å². The topological polar surface area (TPSA) is 44.4 Å². The molecule has 2 unspecified atom stereocenters. The predicted octanol–water partition coefficient (Wildman–Crippen LogP) is 1.12. The van der Waals surface area contributed by atoms with Crippen molar-refractivity contribution in [3.05, 3.63) is 0 Å². The highest BCUT2D eigenvalue weighted by atomic mass is 16.1. The van der Waals surface area contributed by atoms with Gasteiger partial charge in [0, 0.05) is 31.1 Å². The molecule has 1 amide bonds. The van der Waals surface area contributed by atoms with E-state index in [9.17, 15) is 4.79 Å². The highest BCUT2D eigenvalue weighted by Gasteiger charge is 2.27. The van der Waals surface area contributed by atoms with Crippen molar-refractivity contribution in [2.24, 2.45) is 0 Å². The molecule has 2 aliphatic rings. The molecular weight excluding hydrogens is 226 g/mol. The quantitative estimate of drug-likeness (QED) is 0.745. The first-order chi connectivity index (χ1) is 8.70. The maximum Gasteiger partial charge on any atom is 0.221 e. The molecule has 0 aromatic heterocycles.